The molecule has 22 heavy (non-hydrogen) atoms. The Morgan fingerprint density at radius 3 is 2.86 bits per heavy atom. The lowest BCUT2D eigenvalue weighted by molar-refractivity contribution is 0.0814. The van der Waals surface area contributed by atoms with E-state index < -0.39 is 0 Å². The van der Waals surface area contributed by atoms with Gasteiger partial charge in [0.25, 0.3) is 0 Å². The number of nitrogens with zero attached hydrogens (tertiary/aromatic N) is 2. The van der Waals surface area contributed by atoms with Crippen LogP contribution in [0, 0.1) is 6.92 Å². The maximum Gasteiger partial charge on any atom is 0.123 e. The Morgan fingerprint density at radius 2 is 2.09 bits per heavy atom. The average molecular weight is 301 g/mol. The van der Waals surface area contributed by atoms with Crippen LogP contribution < -0.4 is 4.74 Å². The van der Waals surface area contributed by atoms with Crippen LogP contribution in [0.3, 0.4) is 0 Å². The molecule has 0 bridgehead atoms. The highest BCUT2D eigenvalue weighted by molar-refractivity contribution is 5.83. The Balaban J connectivity index is 1.72. The van der Waals surface area contributed by atoms with E-state index in [0.717, 1.165) is 36.2 Å². The van der Waals surface area contributed by atoms with Gasteiger partial charge in [-0.25, -0.2) is 0 Å². The molecule has 2 atom stereocenters. The Bertz CT molecular complexity index is 618. The number of hydrogen-bond acceptors (Lipinski definition) is 3. The summed E-state index contributed by atoms with van der Waals surface area (Å²) >= 11 is 0. The van der Waals surface area contributed by atoms with Crippen LogP contribution in [0.5, 0.6) is 5.75 Å². The van der Waals surface area contributed by atoms with Crippen LogP contribution in [0.2, 0.25) is 0 Å². The molecule has 4 nitrogen and oxygen atoms in total. The largest absolute Gasteiger partial charge is 0.490 e. The van der Waals surface area contributed by atoms with Crippen molar-refractivity contribution >= 4 is 10.9 Å². The lowest BCUT2D eigenvalue weighted by Gasteiger charge is -2.36. The van der Waals surface area contributed by atoms with Gasteiger partial charge < -0.3 is 9.64 Å². The second kappa shape index (κ2) is 6.69. The molecule has 1 heterocycles. The molecule has 1 saturated carbocycles. The fourth-order valence-electron chi connectivity index (χ4n) is 3.74. The first-order chi connectivity index (χ1) is 10.7. The van der Waals surface area contributed by atoms with E-state index in [1.807, 2.05) is 6.20 Å². The van der Waals surface area contributed by atoms with Gasteiger partial charge in [-0.1, -0.05) is 13.8 Å². The molecule has 0 aliphatic heterocycles. The van der Waals surface area contributed by atoms with Crippen molar-refractivity contribution in [1.29, 1.82) is 0 Å². The van der Waals surface area contributed by atoms with Gasteiger partial charge in [-0.05, 0) is 57.8 Å². The molecule has 2 unspecified atom stereocenters. The Morgan fingerprint density at radius 1 is 1.27 bits per heavy atom. The molecule has 1 aromatic carbocycles. The summed E-state index contributed by atoms with van der Waals surface area (Å²) in [5, 5.41) is 8.30. The summed E-state index contributed by atoms with van der Waals surface area (Å²) in [6.07, 6.45) is 7.10. The first kappa shape index (κ1) is 15.3. The van der Waals surface area contributed by atoms with E-state index in [2.05, 4.69) is 48.0 Å². The zero-order valence-electron chi connectivity index (χ0n) is 13.9. The highest BCUT2D eigenvalue weighted by atomic mass is 16.5. The normalized spacial score (nSPS) is 22.4. The molecular weight excluding hydrogens is 274 g/mol. The molecule has 1 aliphatic rings. The Kier molecular flexibility index (Phi) is 4.67. The van der Waals surface area contributed by atoms with Crippen molar-refractivity contribution in [1.82, 2.24) is 15.1 Å². The number of ether oxygens (including phenoxy) is 1. The van der Waals surface area contributed by atoms with Gasteiger partial charge in [0.15, 0.2) is 0 Å². The molecule has 0 saturated heterocycles. The molecule has 2 aromatic rings. The van der Waals surface area contributed by atoms with Gasteiger partial charge in [0.2, 0.25) is 0 Å². The molecule has 1 aromatic heterocycles. The van der Waals surface area contributed by atoms with Crippen LogP contribution in [0.15, 0.2) is 18.3 Å². The molecule has 0 spiro atoms. The standard InChI is InChI=1S/C18H27N3O/c1-4-21(5-2)14-7-6-8-15(11-14)22-18-10-9-17-16(13(18)3)12-19-20-17/h9-10,12,14-15H,4-8,11H2,1-3H3,(H,19,20). The fourth-order valence-corrected chi connectivity index (χ4v) is 3.74. The van der Waals surface area contributed by atoms with Gasteiger partial charge in [-0.3, -0.25) is 5.10 Å². The van der Waals surface area contributed by atoms with Crippen LogP contribution in [0.25, 0.3) is 10.9 Å². The number of H-pyrrole nitrogens is 1. The topological polar surface area (TPSA) is 41.1 Å². The fraction of sp³-hybridized carbons (Fsp3) is 0.611. The summed E-state index contributed by atoms with van der Waals surface area (Å²) in [4.78, 5) is 2.57. The number of benzene rings is 1. The minimum Gasteiger partial charge on any atom is -0.490 e. The van der Waals surface area contributed by atoms with Crippen molar-refractivity contribution in [3.8, 4) is 5.75 Å². The number of hydrogen-bond donors (Lipinski definition) is 1. The van der Waals surface area contributed by atoms with Crippen molar-refractivity contribution in [2.45, 2.75) is 58.6 Å². The summed E-state index contributed by atoms with van der Waals surface area (Å²) < 4.78 is 6.36. The third kappa shape index (κ3) is 2.98. The summed E-state index contributed by atoms with van der Waals surface area (Å²) in [6, 6.07) is 4.82. The third-order valence-electron chi connectivity index (χ3n) is 5.06. The van der Waals surface area contributed by atoms with Crippen molar-refractivity contribution in [2.24, 2.45) is 0 Å². The van der Waals surface area contributed by atoms with E-state index in [9.17, 15) is 0 Å². The molecule has 1 fully saturated rings. The van der Waals surface area contributed by atoms with Crippen LogP contribution in [0.4, 0.5) is 0 Å². The molecular formula is C18H27N3O. The second-order valence-corrected chi connectivity index (χ2v) is 6.30. The summed E-state index contributed by atoms with van der Waals surface area (Å²) in [5.74, 6) is 1.01. The summed E-state index contributed by atoms with van der Waals surface area (Å²) in [6.45, 7) is 8.90. The van der Waals surface area contributed by atoms with E-state index in [-0.39, 0.29) is 0 Å². The van der Waals surface area contributed by atoms with E-state index in [4.69, 9.17) is 4.74 Å². The zero-order chi connectivity index (χ0) is 15.5. The molecule has 4 heteroatoms. The maximum atomic E-state index is 6.36. The van der Waals surface area contributed by atoms with Crippen molar-refractivity contribution < 1.29 is 4.74 Å². The first-order valence-corrected chi connectivity index (χ1v) is 8.56. The molecule has 0 amide bonds. The Hall–Kier alpha value is -1.55. The monoisotopic (exact) mass is 301 g/mol. The van der Waals surface area contributed by atoms with Crippen LogP contribution in [-0.4, -0.2) is 40.3 Å². The van der Waals surface area contributed by atoms with Gasteiger partial charge in [0, 0.05) is 17.0 Å². The SMILES string of the molecule is CCN(CC)C1CCCC(Oc2ccc3[nH]ncc3c2C)C1. The van der Waals surface area contributed by atoms with Gasteiger partial charge >= 0.3 is 0 Å². The quantitative estimate of drug-likeness (QED) is 0.910. The summed E-state index contributed by atoms with van der Waals surface area (Å²) in [7, 11) is 0. The van der Waals surface area contributed by atoms with E-state index in [1.54, 1.807) is 0 Å². The van der Waals surface area contributed by atoms with E-state index in [0.29, 0.717) is 12.1 Å². The molecule has 1 N–H and O–H groups in total. The number of aryl methyl sites for hydroxylation is 1. The van der Waals surface area contributed by atoms with Gasteiger partial charge in [0.05, 0.1) is 11.7 Å². The van der Waals surface area contributed by atoms with Gasteiger partial charge in [0.1, 0.15) is 11.9 Å². The second-order valence-electron chi connectivity index (χ2n) is 6.30. The van der Waals surface area contributed by atoms with Crippen LogP contribution in [-0.2, 0) is 0 Å². The lowest BCUT2D eigenvalue weighted by atomic mass is 9.91. The first-order valence-electron chi connectivity index (χ1n) is 8.56. The zero-order valence-corrected chi connectivity index (χ0v) is 13.9. The highest BCUT2D eigenvalue weighted by Crippen LogP contribution is 2.31. The Labute approximate surface area is 132 Å². The maximum absolute atomic E-state index is 6.36. The lowest BCUT2D eigenvalue weighted by Crippen LogP contribution is -2.41. The average Bonchev–Trinajstić information content (AvgIpc) is 3.01. The number of aromatic amines is 1. The molecule has 3 rings (SSSR count). The van der Waals surface area contributed by atoms with E-state index in [1.165, 1.54) is 24.8 Å². The van der Waals surface area contributed by atoms with Crippen molar-refractivity contribution in [3.05, 3.63) is 23.9 Å². The third-order valence-corrected chi connectivity index (χ3v) is 5.06. The molecule has 1 aliphatic carbocycles. The minimum atomic E-state index is 0.336. The number of nitrogens with one attached hydrogen (secondary N) is 1. The van der Waals surface area contributed by atoms with Crippen molar-refractivity contribution in [3.63, 3.8) is 0 Å². The van der Waals surface area contributed by atoms with E-state index >= 15 is 0 Å². The van der Waals surface area contributed by atoms with Crippen molar-refractivity contribution in [2.75, 3.05) is 13.1 Å². The predicted molar refractivity (Wildman–Crippen MR) is 90.4 cm³/mol. The predicted octanol–water partition coefficient (Wildman–Crippen LogP) is 3.90. The minimum absolute atomic E-state index is 0.336. The molecule has 0 radical (unpaired) electrons. The highest BCUT2D eigenvalue weighted by Gasteiger charge is 2.26. The molecule has 120 valence electrons. The number of aromatic nitrogens is 2. The van der Waals surface area contributed by atoms with Gasteiger partial charge in [-0.2, -0.15) is 5.10 Å². The number of rotatable bonds is 5. The summed E-state index contributed by atoms with van der Waals surface area (Å²) in [5.41, 5.74) is 2.27. The van der Waals surface area contributed by atoms with Crippen LogP contribution >= 0.6 is 0 Å². The smallest absolute Gasteiger partial charge is 0.123 e. The van der Waals surface area contributed by atoms with Crippen LogP contribution in [0.1, 0.15) is 45.1 Å². The number of fused-ring (bicyclic) bond motifs is 1. The van der Waals surface area contributed by atoms with Gasteiger partial charge in [-0.15, -0.1) is 0 Å².